The van der Waals surface area contributed by atoms with Gasteiger partial charge in [0.2, 0.25) is 5.65 Å². The van der Waals surface area contributed by atoms with E-state index in [1.807, 2.05) is 24.3 Å². The molecule has 0 spiro atoms. The Balaban J connectivity index is 1.47. The van der Waals surface area contributed by atoms with Crippen molar-refractivity contribution in [3.05, 3.63) is 83.6 Å². The minimum absolute atomic E-state index is 0.186. The summed E-state index contributed by atoms with van der Waals surface area (Å²) in [7, 11) is 1.60. The Bertz CT molecular complexity index is 1410. The SMILES string of the molecule is CNC(=O)c1cccnc1Cc1cnc2nnn(Cc3ccc4ncccc4c3)c2n1. The summed E-state index contributed by atoms with van der Waals surface area (Å²) in [4.78, 5) is 29.9. The number of aromatic nitrogens is 7. The molecule has 0 aliphatic rings. The predicted octanol–water partition coefficient (Wildman–Crippen LogP) is 2.16. The van der Waals surface area contributed by atoms with Gasteiger partial charge in [0, 0.05) is 31.2 Å². The molecule has 0 saturated carbocycles. The van der Waals surface area contributed by atoms with Crippen LogP contribution in [-0.4, -0.2) is 47.9 Å². The van der Waals surface area contributed by atoms with Gasteiger partial charge in [-0.1, -0.05) is 17.3 Å². The van der Waals surface area contributed by atoms with E-state index in [4.69, 9.17) is 4.98 Å². The van der Waals surface area contributed by atoms with Crippen molar-refractivity contribution in [1.82, 2.24) is 40.2 Å². The van der Waals surface area contributed by atoms with Crippen LogP contribution >= 0.6 is 0 Å². The second-order valence-corrected chi connectivity index (χ2v) is 7.04. The lowest BCUT2D eigenvalue weighted by molar-refractivity contribution is 0.0962. The summed E-state index contributed by atoms with van der Waals surface area (Å²) in [6.07, 6.45) is 5.46. The van der Waals surface area contributed by atoms with Gasteiger partial charge in [0.15, 0.2) is 5.65 Å². The number of amides is 1. The van der Waals surface area contributed by atoms with Crippen LogP contribution in [0.1, 0.15) is 27.3 Å². The van der Waals surface area contributed by atoms with Crippen molar-refractivity contribution in [3.63, 3.8) is 0 Å². The third kappa shape index (κ3) is 3.68. The van der Waals surface area contributed by atoms with E-state index >= 15 is 0 Å². The number of hydrogen-bond acceptors (Lipinski definition) is 7. The fourth-order valence-corrected chi connectivity index (χ4v) is 3.47. The molecule has 1 N–H and O–H groups in total. The van der Waals surface area contributed by atoms with Crippen LogP contribution in [0.5, 0.6) is 0 Å². The zero-order valence-corrected chi connectivity index (χ0v) is 16.7. The molecule has 1 aromatic carbocycles. The maximum atomic E-state index is 12.1. The van der Waals surface area contributed by atoms with E-state index in [2.05, 4.69) is 36.6 Å². The summed E-state index contributed by atoms with van der Waals surface area (Å²) in [5.41, 5.74) is 4.90. The number of rotatable bonds is 5. The van der Waals surface area contributed by atoms with Gasteiger partial charge in [-0.3, -0.25) is 14.8 Å². The Hall–Kier alpha value is -4.27. The number of nitrogens with one attached hydrogen (secondary N) is 1. The molecule has 0 aliphatic heterocycles. The molecule has 5 aromatic rings. The number of carbonyl (C=O) groups excluding carboxylic acids is 1. The first-order chi connectivity index (χ1) is 15.2. The van der Waals surface area contributed by atoms with E-state index in [0.29, 0.717) is 41.2 Å². The van der Waals surface area contributed by atoms with Gasteiger partial charge in [-0.15, -0.1) is 5.10 Å². The smallest absolute Gasteiger partial charge is 0.252 e. The molecule has 31 heavy (non-hydrogen) atoms. The van der Waals surface area contributed by atoms with Crippen LogP contribution in [-0.2, 0) is 13.0 Å². The highest BCUT2D eigenvalue weighted by Crippen LogP contribution is 2.17. The minimum Gasteiger partial charge on any atom is -0.355 e. The molecule has 0 bridgehead atoms. The maximum Gasteiger partial charge on any atom is 0.252 e. The monoisotopic (exact) mass is 410 g/mol. The predicted molar refractivity (Wildman–Crippen MR) is 114 cm³/mol. The second-order valence-electron chi connectivity index (χ2n) is 7.04. The molecule has 0 saturated heterocycles. The highest BCUT2D eigenvalue weighted by atomic mass is 16.1. The first-order valence-corrected chi connectivity index (χ1v) is 9.76. The Morgan fingerprint density at radius 2 is 1.94 bits per heavy atom. The fraction of sp³-hybridized carbons (Fsp3) is 0.136. The number of carbonyl (C=O) groups is 1. The largest absolute Gasteiger partial charge is 0.355 e. The quantitative estimate of drug-likeness (QED) is 0.473. The highest BCUT2D eigenvalue weighted by Gasteiger charge is 2.14. The lowest BCUT2D eigenvalue weighted by Gasteiger charge is -2.07. The molecule has 0 radical (unpaired) electrons. The number of hydrogen-bond donors (Lipinski definition) is 1. The van der Waals surface area contributed by atoms with Crippen molar-refractivity contribution in [2.24, 2.45) is 0 Å². The Morgan fingerprint density at radius 3 is 2.84 bits per heavy atom. The molecular formula is C22H18N8O. The third-order valence-electron chi connectivity index (χ3n) is 4.99. The van der Waals surface area contributed by atoms with Crippen molar-refractivity contribution < 1.29 is 4.79 Å². The summed E-state index contributed by atoms with van der Waals surface area (Å²) < 4.78 is 1.72. The van der Waals surface area contributed by atoms with Gasteiger partial charge in [0.1, 0.15) is 0 Å². The lowest BCUT2D eigenvalue weighted by Crippen LogP contribution is -2.20. The van der Waals surface area contributed by atoms with Gasteiger partial charge in [-0.25, -0.2) is 14.6 Å². The van der Waals surface area contributed by atoms with E-state index in [-0.39, 0.29) is 5.91 Å². The normalized spacial score (nSPS) is 11.1. The maximum absolute atomic E-state index is 12.1. The van der Waals surface area contributed by atoms with E-state index < -0.39 is 0 Å². The van der Waals surface area contributed by atoms with Crippen LogP contribution in [0, 0.1) is 0 Å². The molecule has 152 valence electrons. The molecule has 0 atom stereocenters. The van der Waals surface area contributed by atoms with Crippen molar-refractivity contribution >= 4 is 28.1 Å². The van der Waals surface area contributed by atoms with Crippen LogP contribution in [0.15, 0.2) is 61.1 Å². The first kappa shape index (κ1) is 18.7. The Kier molecular flexibility index (Phi) is 4.75. The summed E-state index contributed by atoms with van der Waals surface area (Å²) in [5, 5.41) is 12.1. The minimum atomic E-state index is -0.186. The summed E-state index contributed by atoms with van der Waals surface area (Å²) in [6.45, 7) is 0.506. The van der Waals surface area contributed by atoms with Gasteiger partial charge >= 0.3 is 0 Å². The third-order valence-corrected chi connectivity index (χ3v) is 4.99. The van der Waals surface area contributed by atoms with Gasteiger partial charge in [0.25, 0.3) is 5.91 Å². The molecule has 0 unspecified atom stereocenters. The van der Waals surface area contributed by atoms with Crippen LogP contribution < -0.4 is 5.32 Å². The summed E-state index contributed by atoms with van der Waals surface area (Å²) in [5.74, 6) is -0.186. The van der Waals surface area contributed by atoms with E-state index in [1.165, 1.54) is 0 Å². The molecule has 0 aliphatic carbocycles. The number of nitrogens with zero attached hydrogens (tertiary/aromatic N) is 7. The van der Waals surface area contributed by atoms with Crippen LogP contribution in [0.25, 0.3) is 22.2 Å². The van der Waals surface area contributed by atoms with E-state index in [1.54, 1.807) is 42.5 Å². The summed E-state index contributed by atoms with van der Waals surface area (Å²) in [6, 6.07) is 13.5. The van der Waals surface area contributed by atoms with Crippen molar-refractivity contribution in [1.29, 1.82) is 0 Å². The molecule has 4 heterocycles. The standard InChI is InChI=1S/C22H18N8O/c1-23-22(31)17-5-3-9-25-19(17)11-16-12-26-20-21(27-16)30(29-28-20)13-14-6-7-18-15(10-14)4-2-8-24-18/h2-10,12H,11,13H2,1H3,(H,23,31). The van der Waals surface area contributed by atoms with Crippen LogP contribution in [0.4, 0.5) is 0 Å². The van der Waals surface area contributed by atoms with Crippen molar-refractivity contribution in [3.8, 4) is 0 Å². The molecule has 4 aromatic heterocycles. The molecule has 9 nitrogen and oxygen atoms in total. The van der Waals surface area contributed by atoms with Gasteiger partial charge < -0.3 is 5.32 Å². The molecule has 5 rings (SSSR count). The van der Waals surface area contributed by atoms with Crippen molar-refractivity contribution in [2.45, 2.75) is 13.0 Å². The van der Waals surface area contributed by atoms with Crippen LogP contribution in [0.3, 0.4) is 0 Å². The van der Waals surface area contributed by atoms with Gasteiger partial charge in [-0.05, 0) is 35.9 Å². The second kappa shape index (κ2) is 7.86. The lowest BCUT2D eigenvalue weighted by atomic mass is 10.1. The fourth-order valence-electron chi connectivity index (χ4n) is 3.47. The average Bonchev–Trinajstić information content (AvgIpc) is 3.21. The number of pyridine rings is 2. The molecule has 1 amide bonds. The van der Waals surface area contributed by atoms with Gasteiger partial charge in [0.05, 0.1) is 35.2 Å². The first-order valence-electron chi connectivity index (χ1n) is 9.76. The van der Waals surface area contributed by atoms with Crippen molar-refractivity contribution in [2.75, 3.05) is 7.05 Å². The molecule has 9 heteroatoms. The number of benzene rings is 1. The highest BCUT2D eigenvalue weighted by molar-refractivity contribution is 5.95. The zero-order valence-electron chi connectivity index (χ0n) is 16.7. The zero-order chi connectivity index (χ0) is 21.2. The van der Waals surface area contributed by atoms with E-state index in [9.17, 15) is 4.79 Å². The van der Waals surface area contributed by atoms with Gasteiger partial charge in [-0.2, -0.15) is 0 Å². The Labute approximate surface area is 177 Å². The average molecular weight is 410 g/mol. The molecular weight excluding hydrogens is 392 g/mol. The molecule has 0 fully saturated rings. The van der Waals surface area contributed by atoms with Crippen LogP contribution in [0.2, 0.25) is 0 Å². The Morgan fingerprint density at radius 1 is 1.06 bits per heavy atom. The van der Waals surface area contributed by atoms with E-state index in [0.717, 1.165) is 16.5 Å². The number of fused-ring (bicyclic) bond motifs is 2. The topological polar surface area (TPSA) is 111 Å². The summed E-state index contributed by atoms with van der Waals surface area (Å²) >= 11 is 0.